The van der Waals surface area contributed by atoms with Crippen LogP contribution in [-0.2, 0) is 206 Å². The Bertz CT molecular complexity index is 38.6. The Morgan fingerprint density at radius 2 is 0.200 bits per heavy atom. The minimum absolute atomic E-state index is 0. The van der Waals surface area contributed by atoms with Crippen molar-refractivity contribution in [2.75, 3.05) is 0 Å². The molecule has 0 aliphatic rings. The molecule has 0 aliphatic carbocycles. The molecule has 0 saturated heterocycles. The smallest absolute Gasteiger partial charge is 2.00 e. The van der Waals surface area contributed by atoms with Crippen molar-refractivity contribution in [3.63, 3.8) is 0 Å². The van der Waals surface area contributed by atoms with Crippen LogP contribution in [0.25, 0.3) is 0 Å². The number of hydrogen-bond acceptors (Lipinski definition) is 0. The van der Waals surface area contributed by atoms with Crippen molar-refractivity contribution in [2.45, 2.75) is 0 Å². The van der Waals surface area contributed by atoms with Gasteiger partial charge in [0, 0.05) is 0 Å². The minimum atomic E-state index is 0. The van der Waals surface area contributed by atoms with E-state index in [1.54, 1.807) is 0 Å². The molecule has 0 aromatic carbocycles. The topological polar surface area (TPSA) is 484 Å². The van der Waals surface area contributed by atoms with Crippen molar-refractivity contribution in [3.05, 3.63) is 0 Å². The molecule has 25 heteroatoms. The summed E-state index contributed by atoms with van der Waals surface area (Å²) < 4.78 is 0. The molecule has 0 aromatic rings. The second kappa shape index (κ2) is 1060. The van der Waals surface area contributed by atoms with Gasteiger partial charge in [-0.3, -0.25) is 0 Å². The normalized spacial score (nSPS) is 0. The van der Waals surface area contributed by atoms with Crippen molar-refractivity contribution < 1.29 is 206 Å². The van der Waals surface area contributed by atoms with Gasteiger partial charge in [-0.15, -0.1) is 0 Å². The molecule has 0 heterocycles. The summed E-state index contributed by atoms with van der Waals surface area (Å²) in [6, 6.07) is 0. The third-order valence-corrected chi connectivity index (χ3v) is 0. The van der Waals surface area contributed by atoms with Gasteiger partial charge < -0.3 is 93.1 Å². The van der Waals surface area contributed by atoms with Gasteiger partial charge in [-0.2, -0.15) is 0 Å². The summed E-state index contributed by atoms with van der Waals surface area (Å²) in [5.41, 5.74) is 0. The molecular weight excluding hydrogens is 930 g/mol. The maximum Gasteiger partial charge on any atom is 6.00 e. The van der Waals surface area contributed by atoms with Gasteiger partial charge in [0.05, 0.1) is 0 Å². The van der Waals surface area contributed by atoms with Crippen LogP contribution in [0, 0.1) is 0 Å². The zero-order chi connectivity index (χ0) is 0. The van der Waals surface area contributed by atoms with Gasteiger partial charge in [-0.1, -0.05) is 0 Å². The van der Waals surface area contributed by atoms with Crippen molar-refractivity contribution in [1.29, 1.82) is 0 Å². The fourth-order valence-corrected chi connectivity index (χ4v) is 0. The first kappa shape index (κ1) is 1180. The van der Waals surface area contributed by atoms with Gasteiger partial charge in [0.15, 0.2) is 0 Å². The fourth-order valence-electron chi connectivity index (χ4n) is 0. The van der Waals surface area contributed by atoms with E-state index in [4.69, 9.17) is 0 Å². The molecule has 0 aliphatic heterocycles. The molecule has 25 heavy (non-hydrogen) atoms. The summed E-state index contributed by atoms with van der Waals surface area (Å²) >= 11 is 0. The minimum Gasteiger partial charge on any atom is -2.00 e. The second-order valence-electron chi connectivity index (χ2n) is 0. The maximum absolute atomic E-state index is 0. The van der Waals surface area contributed by atoms with E-state index in [1.807, 2.05) is 0 Å². The first-order chi connectivity index (χ1) is 0. The van der Waals surface area contributed by atoms with E-state index in [0.29, 0.717) is 0 Å². The van der Waals surface area contributed by atoms with E-state index in [-0.39, 0.29) is 254 Å². The van der Waals surface area contributed by atoms with Crippen LogP contribution >= 0.6 is 0 Å². The van der Waals surface area contributed by atoms with Crippen LogP contribution in [0.1, 0.15) is 0 Å². The van der Waals surface area contributed by atoms with Gasteiger partial charge in [-0.05, 0) is 0 Å². The molecule has 0 bridgehead atoms. The molecule has 154 valence electrons. The van der Waals surface area contributed by atoms with Crippen molar-refractivity contribution >= 4 is 47.8 Å². The van der Waals surface area contributed by atoms with Gasteiger partial charge in [0.2, 0.25) is 0 Å². The van der Waals surface area contributed by atoms with Crippen molar-refractivity contribution in [1.82, 2.24) is 0 Å². The van der Waals surface area contributed by atoms with E-state index in [9.17, 15) is 0 Å². The monoisotopic (exact) mass is 935 g/mol. The first-order valence-electron chi connectivity index (χ1n) is 0. The summed E-state index contributed by atoms with van der Waals surface area (Å²) in [5.74, 6) is 0. The Labute approximate surface area is 251 Å². The summed E-state index contributed by atoms with van der Waals surface area (Å²) in [6.07, 6.45) is 0. The van der Waals surface area contributed by atoms with Crippen LogP contribution in [0.15, 0.2) is 0 Å². The summed E-state index contributed by atoms with van der Waals surface area (Å²) in [4.78, 5) is 0. The van der Waals surface area contributed by atoms with Gasteiger partial charge in [0.1, 0.15) is 0 Å². The van der Waals surface area contributed by atoms with Gasteiger partial charge in [-0.25, -0.2) is 0 Å². The van der Waals surface area contributed by atoms with Crippen LogP contribution in [-0.4, -0.2) is 47.8 Å². The molecular formula is Cu2Mo2O17Sn2V2. The van der Waals surface area contributed by atoms with Crippen LogP contribution in [0.4, 0.5) is 0 Å². The zero-order valence-corrected chi connectivity index (χ0v) is 24.7. The van der Waals surface area contributed by atoms with Crippen LogP contribution in [0.3, 0.4) is 0 Å². The van der Waals surface area contributed by atoms with Crippen molar-refractivity contribution in [2.24, 2.45) is 0 Å². The largest absolute Gasteiger partial charge is 6.00 e. The molecule has 0 unspecified atom stereocenters. The standard InChI is InChI=1S/2Cu.2Mo.17O.2Sn.2V/q2*+2;2*+6;17*-2;2*+4;2*+5. The second-order valence-corrected chi connectivity index (χ2v) is 0. The zero-order valence-electron chi connectivity index (χ0n) is 10.3. The van der Waals surface area contributed by atoms with Crippen LogP contribution < -0.4 is 0 Å². The Balaban J connectivity index is 0. The molecule has 2 radical (unpaired) electrons. The van der Waals surface area contributed by atoms with E-state index in [1.165, 1.54) is 0 Å². The maximum atomic E-state index is 0. The molecule has 17 nitrogen and oxygen atoms in total. The fraction of sp³-hybridized carbons (Fsp3) is 0. The predicted molar refractivity (Wildman–Crippen MR) is 23.2 cm³/mol. The SMILES string of the molecule is [Cu+2].[Cu+2].[Mo+6].[Mo+6].[O-2].[O-2].[O-2].[O-2].[O-2].[O-2].[O-2].[O-2].[O-2].[O-2].[O-2].[O-2].[O-2].[O-2].[O-2].[O-2].[O-2].[Sn+4].[Sn+4].[V+5].[V+5]. The first-order valence-corrected chi connectivity index (χ1v) is 0. The molecule has 0 aromatic heterocycles. The Morgan fingerprint density at radius 3 is 0.200 bits per heavy atom. The molecule has 0 fully saturated rings. The molecule has 0 spiro atoms. The van der Waals surface area contributed by atoms with Crippen LogP contribution in [0.5, 0.6) is 0 Å². The molecule has 0 amide bonds. The summed E-state index contributed by atoms with van der Waals surface area (Å²) in [5, 5.41) is 0. The predicted octanol–water partition coefficient (Wildman–Crippen LogP) is -2.80. The average molecular weight is 930 g/mol. The van der Waals surface area contributed by atoms with E-state index in [0.717, 1.165) is 0 Å². The molecule has 0 saturated carbocycles. The summed E-state index contributed by atoms with van der Waals surface area (Å²) in [6.45, 7) is 0. The third kappa shape index (κ3) is 988. The van der Waals surface area contributed by atoms with Gasteiger partial charge in [0.25, 0.3) is 0 Å². The summed E-state index contributed by atoms with van der Waals surface area (Å²) in [7, 11) is 0. The molecule has 0 atom stereocenters. The number of hydrogen-bond donors (Lipinski definition) is 0. The Hall–Kier alpha value is 4.50. The quantitative estimate of drug-likeness (QED) is 0.222. The molecule has 0 rings (SSSR count). The van der Waals surface area contributed by atoms with E-state index < -0.39 is 0 Å². The van der Waals surface area contributed by atoms with E-state index in [2.05, 4.69) is 0 Å². The van der Waals surface area contributed by atoms with E-state index >= 15 is 0 Å². The third-order valence-electron chi connectivity index (χ3n) is 0. The van der Waals surface area contributed by atoms with Crippen LogP contribution in [0.2, 0.25) is 0 Å². The average Bonchev–Trinajstić information content (AvgIpc) is 0. The Kier molecular flexibility index (Phi) is 50300. The molecule has 0 N–H and O–H groups in total. The van der Waals surface area contributed by atoms with Crippen molar-refractivity contribution in [3.8, 4) is 0 Å². The van der Waals surface area contributed by atoms with Gasteiger partial charge >= 0.3 is 161 Å². The number of rotatable bonds is 0. The Morgan fingerprint density at radius 1 is 0.200 bits per heavy atom.